The Morgan fingerprint density at radius 2 is 2.15 bits per heavy atom. The van der Waals surface area contributed by atoms with Gasteiger partial charge in [0.1, 0.15) is 6.61 Å². The van der Waals surface area contributed by atoms with Crippen molar-refractivity contribution in [2.24, 2.45) is 0 Å². The molecule has 0 saturated heterocycles. The van der Waals surface area contributed by atoms with Crippen LogP contribution < -0.4 is 4.74 Å². The van der Waals surface area contributed by atoms with E-state index in [-0.39, 0.29) is 0 Å². The average molecular weight is 177 g/mol. The van der Waals surface area contributed by atoms with Crippen LogP contribution in [0.25, 0.3) is 0 Å². The zero-order chi connectivity index (χ0) is 9.36. The fraction of sp³-hybridized carbons (Fsp3) is 0.300. The number of hydrogen-bond donors (Lipinski definition) is 0. The second-order valence-corrected chi connectivity index (χ2v) is 2.24. The van der Waals surface area contributed by atoms with Gasteiger partial charge in [-0.25, -0.2) is 4.98 Å². The van der Waals surface area contributed by atoms with Crippen LogP contribution in [0, 0.1) is 11.8 Å². The van der Waals surface area contributed by atoms with Crippen LogP contribution in [0.3, 0.4) is 0 Å². The summed E-state index contributed by atoms with van der Waals surface area (Å²) in [4.78, 5) is 3.98. The summed E-state index contributed by atoms with van der Waals surface area (Å²) in [6.07, 6.45) is 1.68. The van der Waals surface area contributed by atoms with E-state index in [2.05, 4.69) is 16.8 Å². The lowest BCUT2D eigenvalue weighted by molar-refractivity contribution is 0.239. The third-order valence-electron chi connectivity index (χ3n) is 1.27. The number of ether oxygens (including phenoxy) is 2. The van der Waals surface area contributed by atoms with E-state index in [1.54, 1.807) is 19.4 Å². The Hall–Kier alpha value is -1.53. The molecule has 0 unspecified atom stereocenters. The fourth-order valence-electron chi connectivity index (χ4n) is 0.717. The van der Waals surface area contributed by atoms with E-state index in [0.717, 1.165) is 0 Å². The predicted octanol–water partition coefficient (Wildman–Crippen LogP) is 1.11. The Morgan fingerprint density at radius 1 is 1.31 bits per heavy atom. The summed E-state index contributed by atoms with van der Waals surface area (Å²) in [5.41, 5.74) is 0. The summed E-state index contributed by atoms with van der Waals surface area (Å²) in [5.74, 6) is 6.17. The largest absolute Gasteiger partial charge is 0.464 e. The second kappa shape index (κ2) is 6.04. The van der Waals surface area contributed by atoms with Crippen LogP contribution in [0.2, 0.25) is 0 Å². The van der Waals surface area contributed by atoms with E-state index >= 15 is 0 Å². The van der Waals surface area contributed by atoms with Crippen molar-refractivity contribution in [2.45, 2.75) is 0 Å². The van der Waals surface area contributed by atoms with Gasteiger partial charge in [0.25, 0.3) is 0 Å². The van der Waals surface area contributed by atoms with Crippen LogP contribution in [0.5, 0.6) is 5.88 Å². The number of rotatable bonds is 3. The van der Waals surface area contributed by atoms with Gasteiger partial charge in [0.05, 0.1) is 0 Å². The fourth-order valence-corrected chi connectivity index (χ4v) is 0.717. The minimum atomic E-state index is 0.348. The molecule has 0 aliphatic carbocycles. The topological polar surface area (TPSA) is 31.4 Å². The summed E-state index contributed by atoms with van der Waals surface area (Å²) >= 11 is 0. The van der Waals surface area contributed by atoms with E-state index in [0.29, 0.717) is 19.1 Å². The molecule has 0 amide bonds. The van der Waals surface area contributed by atoms with Crippen LogP contribution in [-0.4, -0.2) is 25.3 Å². The Labute approximate surface area is 77.7 Å². The summed E-state index contributed by atoms with van der Waals surface area (Å²) in [5, 5.41) is 0. The summed E-state index contributed by atoms with van der Waals surface area (Å²) in [7, 11) is 1.61. The highest BCUT2D eigenvalue weighted by Gasteiger charge is 1.87. The van der Waals surface area contributed by atoms with Crippen molar-refractivity contribution < 1.29 is 9.47 Å². The van der Waals surface area contributed by atoms with E-state index in [9.17, 15) is 0 Å². The minimum Gasteiger partial charge on any atom is -0.464 e. The molecule has 0 N–H and O–H groups in total. The van der Waals surface area contributed by atoms with Crippen LogP contribution in [0.1, 0.15) is 0 Å². The smallest absolute Gasteiger partial charge is 0.214 e. The van der Waals surface area contributed by atoms with Gasteiger partial charge in [0.2, 0.25) is 5.88 Å². The van der Waals surface area contributed by atoms with Crippen LogP contribution >= 0.6 is 0 Å². The highest BCUT2D eigenvalue weighted by molar-refractivity contribution is 5.10. The van der Waals surface area contributed by atoms with Gasteiger partial charge in [-0.1, -0.05) is 17.9 Å². The van der Waals surface area contributed by atoms with Gasteiger partial charge in [-0.15, -0.1) is 0 Å². The van der Waals surface area contributed by atoms with Gasteiger partial charge in [-0.3, -0.25) is 0 Å². The summed E-state index contributed by atoms with van der Waals surface area (Å²) in [6, 6.07) is 5.49. The third kappa shape index (κ3) is 4.14. The quantitative estimate of drug-likeness (QED) is 0.648. The SMILES string of the molecule is COCC#CCOc1ccccn1. The molecular weight excluding hydrogens is 166 g/mol. The van der Waals surface area contributed by atoms with Gasteiger partial charge in [0.15, 0.2) is 6.61 Å². The third-order valence-corrected chi connectivity index (χ3v) is 1.27. The van der Waals surface area contributed by atoms with Crippen molar-refractivity contribution in [1.29, 1.82) is 0 Å². The summed E-state index contributed by atoms with van der Waals surface area (Å²) in [6.45, 7) is 0.784. The van der Waals surface area contributed by atoms with Crippen molar-refractivity contribution in [3.05, 3.63) is 24.4 Å². The molecule has 3 heteroatoms. The van der Waals surface area contributed by atoms with Crippen molar-refractivity contribution in [1.82, 2.24) is 4.98 Å². The maximum atomic E-state index is 5.21. The number of methoxy groups -OCH3 is 1. The number of pyridine rings is 1. The lowest BCUT2D eigenvalue weighted by Gasteiger charge is -1.97. The molecule has 1 heterocycles. The van der Waals surface area contributed by atoms with Crippen molar-refractivity contribution in [3.63, 3.8) is 0 Å². The molecule has 3 nitrogen and oxygen atoms in total. The van der Waals surface area contributed by atoms with Crippen molar-refractivity contribution >= 4 is 0 Å². The summed E-state index contributed by atoms with van der Waals surface area (Å²) < 4.78 is 9.96. The Morgan fingerprint density at radius 3 is 2.85 bits per heavy atom. The zero-order valence-corrected chi connectivity index (χ0v) is 7.49. The molecular formula is C10H11NO2. The lowest BCUT2D eigenvalue weighted by Crippen LogP contribution is -1.95. The Bertz CT molecular complexity index is 287. The maximum Gasteiger partial charge on any atom is 0.214 e. The first-order chi connectivity index (χ1) is 6.43. The zero-order valence-electron chi connectivity index (χ0n) is 7.49. The van der Waals surface area contributed by atoms with Crippen molar-refractivity contribution in [3.8, 4) is 17.7 Å². The first-order valence-electron chi connectivity index (χ1n) is 3.92. The van der Waals surface area contributed by atoms with Gasteiger partial charge >= 0.3 is 0 Å². The van der Waals surface area contributed by atoms with E-state index < -0.39 is 0 Å². The monoisotopic (exact) mass is 177 g/mol. The molecule has 1 aromatic heterocycles. The second-order valence-electron chi connectivity index (χ2n) is 2.24. The molecule has 1 aromatic rings. The molecule has 0 aromatic carbocycles. The normalized spacial score (nSPS) is 8.69. The minimum absolute atomic E-state index is 0.348. The molecule has 68 valence electrons. The highest BCUT2D eigenvalue weighted by atomic mass is 16.5. The molecule has 0 fully saturated rings. The molecule has 1 rings (SSSR count). The number of aromatic nitrogens is 1. The first kappa shape index (κ1) is 9.56. The van der Waals surface area contributed by atoms with Crippen molar-refractivity contribution in [2.75, 3.05) is 20.3 Å². The molecule has 0 saturated carbocycles. The Balaban J connectivity index is 2.25. The van der Waals surface area contributed by atoms with Gasteiger partial charge in [0, 0.05) is 19.4 Å². The molecule has 0 bridgehead atoms. The van der Waals surface area contributed by atoms with E-state index in [1.807, 2.05) is 12.1 Å². The number of nitrogens with zero attached hydrogens (tertiary/aromatic N) is 1. The van der Waals surface area contributed by atoms with Gasteiger partial charge in [-0.2, -0.15) is 0 Å². The Kier molecular flexibility index (Phi) is 4.44. The maximum absolute atomic E-state index is 5.21. The average Bonchev–Trinajstić information content (AvgIpc) is 2.19. The molecule has 0 radical (unpaired) electrons. The number of hydrogen-bond acceptors (Lipinski definition) is 3. The van der Waals surface area contributed by atoms with E-state index in [1.165, 1.54) is 0 Å². The van der Waals surface area contributed by atoms with Gasteiger partial charge < -0.3 is 9.47 Å². The van der Waals surface area contributed by atoms with E-state index in [4.69, 9.17) is 9.47 Å². The first-order valence-corrected chi connectivity index (χ1v) is 3.92. The highest BCUT2D eigenvalue weighted by Crippen LogP contribution is 2.01. The van der Waals surface area contributed by atoms with Gasteiger partial charge in [-0.05, 0) is 6.07 Å². The molecule has 13 heavy (non-hydrogen) atoms. The van der Waals surface area contributed by atoms with Crippen LogP contribution in [0.15, 0.2) is 24.4 Å². The molecule has 0 spiro atoms. The molecule has 0 aliphatic heterocycles. The molecule has 0 aliphatic rings. The van der Waals surface area contributed by atoms with Crippen LogP contribution in [-0.2, 0) is 4.74 Å². The van der Waals surface area contributed by atoms with Crippen LogP contribution in [0.4, 0.5) is 0 Å². The standard InChI is InChI=1S/C10H11NO2/c1-12-8-4-5-9-13-10-6-2-3-7-11-10/h2-3,6-7H,8-9H2,1H3. The predicted molar refractivity (Wildman–Crippen MR) is 49.4 cm³/mol. The molecule has 0 atom stereocenters. The lowest BCUT2D eigenvalue weighted by atomic mass is 10.5.